The van der Waals surface area contributed by atoms with Gasteiger partial charge in [-0.1, -0.05) is 55.5 Å². The predicted octanol–water partition coefficient (Wildman–Crippen LogP) is 4.45. The lowest BCUT2D eigenvalue weighted by atomic mass is 10.00. The highest BCUT2D eigenvalue weighted by atomic mass is 16.5. The van der Waals surface area contributed by atoms with E-state index in [1.807, 2.05) is 79.9 Å². The van der Waals surface area contributed by atoms with Gasteiger partial charge in [0.15, 0.2) is 0 Å². The van der Waals surface area contributed by atoms with Crippen molar-refractivity contribution in [3.63, 3.8) is 0 Å². The number of aliphatic hydroxyl groups excluding tert-OH is 2. The molecule has 0 fully saturated rings. The van der Waals surface area contributed by atoms with E-state index in [-0.39, 0.29) is 19.1 Å². The smallest absolute Gasteiger partial charge is 0.255 e. The van der Waals surface area contributed by atoms with E-state index < -0.39 is 6.04 Å². The Balaban J connectivity index is 1.58. The number of hydrogen-bond donors (Lipinski definition) is 4. The van der Waals surface area contributed by atoms with E-state index in [0.29, 0.717) is 24.3 Å². The van der Waals surface area contributed by atoms with Crippen LogP contribution >= 0.6 is 0 Å². The van der Waals surface area contributed by atoms with Gasteiger partial charge in [-0.05, 0) is 53.3 Å². The monoisotopic (exact) mass is 458 g/mol. The Morgan fingerprint density at radius 3 is 2.53 bits per heavy atom. The minimum Gasteiger partial charge on any atom is -0.493 e. The molecular weight excluding hydrogens is 428 g/mol. The number of hydrogen-bond acceptors (Lipinski definition) is 4. The summed E-state index contributed by atoms with van der Waals surface area (Å²) in [6, 6.07) is 20.6. The molecule has 1 heterocycles. The molecule has 0 bridgehead atoms. The number of ether oxygens (including phenoxy) is 1. The van der Waals surface area contributed by atoms with Crippen LogP contribution in [0, 0.1) is 0 Å². The van der Waals surface area contributed by atoms with Crippen LogP contribution in [0.25, 0.3) is 22.0 Å². The number of para-hydroxylation sites is 1. The van der Waals surface area contributed by atoms with Crippen molar-refractivity contribution >= 4 is 16.8 Å². The number of carbonyl (C=O) groups is 1. The number of H-pyrrole nitrogens is 1. The van der Waals surface area contributed by atoms with Gasteiger partial charge in [-0.3, -0.25) is 4.79 Å². The van der Waals surface area contributed by atoms with Gasteiger partial charge in [-0.25, -0.2) is 0 Å². The molecule has 6 heteroatoms. The molecule has 4 rings (SSSR count). The van der Waals surface area contributed by atoms with Crippen molar-refractivity contribution in [2.75, 3.05) is 13.2 Å². The summed E-state index contributed by atoms with van der Waals surface area (Å²) in [5.41, 5.74) is 5.12. The average Bonchev–Trinajstić information content (AvgIpc) is 3.29. The molecule has 1 amide bonds. The summed E-state index contributed by atoms with van der Waals surface area (Å²) >= 11 is 0. The normalized spacial score (nSPS) is 12.0. The minimum absolute atomic E-state index is 0.0172. The molecular formula is C28H30N2O4. The van der Waals surface area contributed by atoms with Crippen molar-refractivity contribution < 1.29 is 19.7 Å². The second-order valence-electron chi connectivity index (χ2n) is 8.33. The first-order chi connectivity index (χ1) is 16.6. The van der Waals surface area contributed by atoms with Gasteiger partial charge in [0.05, 0.1) is 31.4 Å². The molecule has 0 aliphatic carbocycles. The van der Waals surface area contributed by atoms with Crippen molar-refractivity contribution in [3.05, 3.63) is 89.6 Å². The molecule has 4 aromatic rings. The summed E-state index contributed by atoms with van der Waals surface area (Å²) in [5, 5.41) is 23.4. The lowest BCUT2D eigenvalue weighted by molar-refractivity contribution is 0.0912. The maximum atomic E-state index is 13.3. The Morgan fingerprint density at radius 1 is 1.03 bits per heavy atom. The van der Waals surface area contributed by atoms with Crippen LogP contribution in [-0.2, 0) is 13.0 Å². The highest BCUT2D eigenvalue weighted by molar-refractivity contribution is 5.98. The van der Waals surface area contributed by atoms with E-state index in [1.165, 1.54) is 0 Å². The summed E-state index contributed by atoms with van der Waals surface area (Å²) < 4.78 is 5.85. The van der Waals surface area contributed by atoms with E-state index in [0.717, 1.165) is 39.6 Å². The van der Waals surface area contributed by atoms with Gasteiger partial charge in [0, 0.05) is 17.1 Å². The first kappa shape index (κ1) is 23.5. The summed E-state index contributed by atoms with van der Waals surface area (Å²) in [7, 11) is 0. The minimum atomic E-state index is -0.446. The zero-order chi connectivity index (χ0) is 23.9. The van der Waals surface area contributed by atoms with Gasteiger partial charge >= 0.3 is 0 Å². The zero-order valence-electron chi connectivity index (χ0n) is 19.3. The van der Waals surface area contributed by atoms with Crippen LogP contribution in [0.3, 0.4) is 0 Å². The fourth-order valence-electron chi connectivity index (χ4n) is 4.02. The Labute approximate surface area is 199 Å². The highest BCUT2D eigenvalue weighted by Gasteiger charge is 2.19. The second kappa shape index (κ2) is 11.0. The molecule has 0 aliphatic rings. The number of fused-ring (bicyclic) bond motifs is 1. The van der Waals surface area contributed by atoms with Crippen LogP contribution in [0.2, 0.25) is 0 Å². The van der Waals surface area contributed by atoms with Crippen LogP contribution < -0.4 is 10.1 Å². The molecule has 3 aromatic carbocycles. The Kier molecular flexibility index (Phi) is 7.62. The zero-order valence-corrected chi connectivity index (χ0v) is 19.3. The van der Waals surface area contributed by atoms with E-state index in [1.54, 1.807) is 0 Å². The lowest BCUT2D eigenvalue weighted by Gasteiger charge is -2.18. The van der Waals surface area contributed by atoms with Gasteiger partial charge in [0.1, 0.15) is 5.75 Å². The van der Waals surface area contributed by atoms with Crippen molar-refractivity contribution in [1.82, 2.24) is 10.3 Å². The molecule has 0 unspecified atom stereocenters. The van der Waals surface area contributed by atoms with Crippen molar-refractivity contribution in [3.8, 4) is 16.9 Å². The molecule has 0 saturated carbocycles. The third-order valence-electron chi connectivity index (χ3n) is 5.85. The number of aliphatic hydroxyl groups is 2. The van der Waals surface area contributed by atoms with Crippen molar-refractivity contribution in [2.45, 2.75) is 32.4 Å². The molecule has 0 aliphatic heterocycles. The SMILES string of the molecule is CCCOc1ccc(-c2ccc(CO)cc2)cc1C(=O)N[C@@H](CO)Cc1c[nH]c2ccccc12. The summed E-state index contributed by atoms with van der Waals surface area (Å²) in [4.78, 5) is 16.6. The quantitative estimate of drug-likeness (QED) is 0.282. The van der Waals surface area contributed by atoms with Crippen molar-refractivity contribution in [1.29, 1.82) is 0 Å². The molecule has 6 nitrogen and oxygen atoms in total. The Hall–Kier alpha value is -3.61. The second-order valence-corrected chi connectivity index (χ2v) is 8.33. The summed E-state index contributed by atoms with van der Waals surface area (Å²) in [6.07, 6.45) is 3.25. The van der Waals surface area contributed by atoms with Gasteiger partial charge in [-0.15, -0.1) is 0 Å². The number of aromatic amines is 1. The van der Waals surface area contributed by atoms with Crippen LogP contribution in [0.4, 0.5) is 0 Å². The van der Waals surface area contributed by atoms with Gasteiger partial charge in [0.2, 0.25) is 0 Å². The topological polar surface area (TPSA) is 94.6 Å². The Bertz CT molecular complexity index is 1250. The molecule has 0 saturated heterocycles. The largest absolute Gasteiger partial charge is 0.493 e. The van der Waals surface area contributed by atoms with Crippen LogP contribution in [0.5, 0.6) is 5.75 Å². The molecule has 1 aromatic heterocycles. The maximum Gasteiger partial charge on any atom is 0.255 e. The van der Waals surface area contributed by atoms with Crippen molar-refractivity contribution in [2.24, 2.45) is 0 Å². The predicted molar refractivity (Wildman–Crippen MR) is 134 cm³/mol. The first-order valence-corrected chi connectivity index (χ1v) is 11.6. The summed E-state index contributed by atoms with van der Waals surface area (Å²) in [5.74, 6) is 0.220. The van der Waals surface area contributed by atoms with E-state index in [9.17, 15) is 15.0 Å². The number of rotatable bonds is 10. The number of carbonyl (C=O) groups excluding carboxylic acids is 1. The number of aromatic nitrogens is 1. The standard InChI is InChI=1S/C28H30N2O4/c1-2-13-34-27-12-11-21(20-9-7-19(17-31)8-10-20)15-25(27)28(33)30-23(18-32)14-22-16-29-26-6-4-3-5-24(22)26/h3-12,15-16,23,29,31-32H,2,13-14,17-18H2,1H3,(H,30,33)/t23-/m1/s1. The number of amides is 1. The van der Waals surface area contributed by atoms with Crippen LogP contribution in [0.1, 0.15) is 34.8 Å². The lowest BCUT2D eigenvalue weighted by Crippen LogP contribution is -2.39. The molecule has 34 heavy (non-hydrogen) atoms. The van der Waals surface area contributed by atoms with E-state index in [2.05, 4.69) is 10.3 Å². The fraction of sp³-hybridized carbons (Fsp3) is 0.250. The highest BCUT2D eigenvalue weighted by Crippen LogP contribution is 2.28. The van der Waals surface area contributed by atoms with Gasteiger partial charge < -0.3 is 25.3 Å². The number of nitrogens with one attached hydrogen (secondary N) is 2. The van der Waals surface area contributed by atoms with Crippen LogP contribution in [-0.4, -0.2) is 40.4 Å². The molecule has 176 valence electrons. The third-order valence-corrected chi connectivity index (χ3v) is 5.85. The third kappa shape index (κ3) is 5.30. The van der Waals surface area contributed by atoms with Gasteiger partial charge in [0.25, 0.3) is 5.91 Å². The molecule has 0 spiro atoms. The molecule has 0 radical (unpaired) electrons. The fourth-order valence-corrected chi connectivity index (χ4v) is 4.02. The summed E-state index contributed by atoms with van der Waals surface area (Å²) in [6.45, 7) is 2.32. The average molecular weight is 459 g/mol. The molecule has 1 atom stereocenters. The van der Waals surface area contributed by atoms with Gasteiger partial charge in [-0.2, -0.15) is 0 Å². The molecule has 4 N–H and O–H groups in total. The van der Waals surface area contributed by atoms with Crippen LogP contribution in [0.15, 0.2) is 72.9 Å². The van der Waals surface area contributed by atoms with E-state index >= 15 is 0 Å². The Morgan fingerprint density at radius 2 is 1.79 bits per heavy atom. The maximum absolute atomic E-state index is 13.3. The first-order valence-electron chi connectivity index (χ1n) is 11.6. The number of benzene rings is 3. The van der Waals surface area contributed by atoms with E-state index in [4.69, 9.17) is 4.74 Å².